The zero-order chi connectivity index (χ0) is 17.4. The fourth-order valence-corrected chi connectivity index (χ4v) is 2.26. The summed E-state index contributed by atoms with van der Waals surface area (Å²) in [4.78, 5) is 35.2. The second kappa shape index (κ2) is 9.10. The van der Waals surface area contributed by atoms with Crippen molar-refractivity contribution in [2.45, 2.75) is 39.5 Å². The van der Waals surface area contributed by atoms with Crippen molar-refractivity contribution >= 4 is 34.8 Å². The van der Waals surface area contributed by atoms with E-state index < -0.39 is 5.97 Å². The molecule has 0 saturated carbocycles. The van der Waals surface area contributed by atoms with Crippen LogP contribution in [0.2, 0.25) is 5.02 Å². The number of benzene rings is 1. The van der Waals surface area contributed by atoms with Gasteiger partial charge >= 0.3 is 5.97 Å². The Balaban J connectivity index is 3.10. The highest BCUT2D eigenvalue weighted by Gasteiger charge is 2.17. The van der Waals surface area contributed by atoms with Crippen LogP contribution in [0.25, 0.3) is 0 Å². The van der Waals surface area contributed by atoms with E-state index in [2.05, 4.69) is 5.32 Å². The number of aromatic carboxylic acids is 1. The fraction of sp³-hybridized carbons (Fsp3) is 0.353. The molecule has 0 aliphatic rings. The first-order valence-corrected chi connectivity index (χ1v) is 7.85. The lowest BCUT2D eigenvalue weighted by Crippen LogP contribution is -2.14. The molecule has 124 valence electrons. The summed E-state index contributed by atoms with van der Waals surface area (Å²) in [5.74, 6) is -1.61. The number of ketones is 2. The Kier molecular flexibility index (Phi) is 7.48. The minimum absolute atomic E-state index is 0.0291. The molecular weight excluding hydrogens is 318 g/mol. The number of carbonyl (C=O) groups excluding carboxylic acids is 2. The van der Waals surface area contributed by atoms with Crippen molar-refractivity contribution in [3.63, 3.8) is 0 Å². The lowest BCUT2D eigenvalue weighted by atomic mass is 10.0. The van der Waals surface area contributed by atoms with Crippen molar-refractivity contribution in [2.24, 2.45) is 0 Å². The third-order valence-electron chi connectivity index (χ3n) is 3.16. The average molecular weight is 338 g/mol. The predicted molar refractivity (Wildman–Crippen MR) is 89.9 cm³/mol. The van der Waals surface area contributed by atoms with E-state index in [0.29, 0.717) is 18.5 Å². The molecule has 0 amide bonds. The smallest absolute Gasteiger partial charge is 0.337 e. The molecule has 6 heteroatoms. The van der Waals surface area contributed by atoms with Crippen molar-refractivity contribution < 1.29 is 19.5 Å². The van der Waals surface area contributed by atoms with E-state index in [1.54, 1.807) is 6.07 Å². The topological polar surface area (TPSA) is 83.5 Å². The Labute approximate surface area is 140 Å². The van der Waals surface area contributed by atoms with E-state index in [-0.39, 0.29) is 40.6 Å². The van der Waals surface area contributed by atoms with E-state index in [0.717, 1.165) is 0 Å². The quantitative estimate of drug-likeness (QED) is 0.403. The average Bonchev–Trinajstić information content (AvgIpc) is 2.49. The zero-order valence-corrected chi connectivity index (χ0v) is 13.9. The number of rotatable bonds is 9. The summed E-state index contributed by atoms with van der Waals surface area (Å²) >= 11 is 6.03. The normalized spacial score (nSPS) is 10.0. The molecule has 1 aromatic rings. The van der Waals surface area contributed by atoms with E-state index in [4.69, 9.17) is 16.7 Å². The second-order valence-corrected chi connectivity index (χ2v) is 5.40. The van der Waals surface area contributed by atoms with Crippen LogP contribution in [0, 0.1) is 0 Å². The molecule has 0 heterocycles. The Morgan fingerprint density at radius 2 is 1.70 bits per heavy atom. The molecular formula is C17H20ClNO4. The lowest BCUT2D eigenvalue weighted by molar-refractivity contribution is -0.121. The van der Waals surface area contributed by atoms with Gasteiger partial charge < -0.3 is 10.4 Å². The molecule has 0 aliphatic carbocycles. The Morgan fingerprint density at radius 1 is 1.13 bits per heavy atom. The molecule has 0 aromatic heterocycles. The van der Waals surface area contributed by atoms with Crippen molar-refractivity contribution in [1.29, 1.82) is 0 Å². The molecule has 0 spiro atoms. The minimum atomic E-state index is -1.15. The first-order chi connectivity index (χ1) is 10.9. The number of carboxylic acid groups (broad SMARTS) is 1. The maximum absolute atomic E-state index is 12.1. The predicted octanol–water partition coefficient (Wildman–Crippen LogP) is 4.07. The van der Waals surface area contributed by atoms with Crippen LogP contribution in [0.15, 0.2) is 30.0 Å². The molecule has 0 radical (unpaired) electrons. The van der Waals surface area contributed by atoms with Crippen LogP contribution in [-0.2, 0) is 9.59 Å². The number of hydrogen-bond acceptors (Lipinski definition) is 4. The highest BCUT2D eigenvalue weighted by molar-refractivity contribution is 6.36. The maximum Gasteiger partial charge on any atom is 0.337 e. The largest absolute Gasteiger partial charge is 0.478 e. The first kappa shape index (κ1) is 18.9. The number of allylic oxidation sites excluding steroid dienone is 1. The standard InChI is InChI=1S/C17H20ClNO4/c1-3-6-14(20)12(15(21)7-4-2)10-19-13-9-5-8-11(16(13)18)17(22)23/h5,8-10,19H,3-4,6-7H2,1-2H3,(H,22,23). The molecule has 5 nitrogen and oxygen atoms in total. The summed E-state index contributed by atoms with van der Waals surface area (Å²) < 4.78 is 0. The van der Waals surface area contributed by atoms with Crippen LogP contribution >= 0.6 is 11.6 Å². The minimum Gasteiger partial charge on any atom is -0.478 e. The van der Waals surface area contributed by atoms with Gasteiger partial charge in [0.2, 0.25) is 0 Å². The van der Waals surface area contributed by atoms with Gasteiger partial charge in [0.05, 0.1) is 21.8 Å². The maximum atomic E-state index is 12.1. The summed E-state index contributed by atoms with van der Waals surface area (Å²) in [6.45, 7) is 3.72. The fourth-order valence-electron chi connectivity index (χ4n) is 2.00. The number of nitrogens with one attached hydrogen (secondary N) is 1. The number of anilines is 1. The summed E-state index contributed by atoms with van der Waals surface area (Å²) in [6.07, 6.45) is 3.18. The van der Waals surface area contributed by atoms with Gasteiger partial charge in [-0.1, -0.05) is 31.5 Å². The number of carbonyl (C=O) groups is 3. The van der Waals surface area contributed by atoms with Crippen molar-refractivity contribution in [3.8, 4) is 0 Å². The Morgan fingerprint density at radius 3 is 2.17 bits per heavy atom. The molecule has 0 atom stereocenters. The molecule has 0 saturated heterocycles. The second-order valence-electron chi connectivity index (χ2n) is 5.02. The van der Waals surface area contributed by atoms with Crippen LogP contribution in [0.3, 0.4) is 0 Å². The van der Waals surface area contributed by atoms with Crippen LogP contribution < -0.4 is 5.32 Å². The van der Waals surface area contributed by atoms with Crippen LogP contribution in [-0.4, -0.2) is 22.6 Å². The van der Waals surface area contributed by atoms with Gasteiger partial charge in [0.15, 0.2) is 11.6 Å². The van der Waals surface area contributed by atoms with Crippen LogP contribution in [0.1, 0.15) is 49.9 Å². The number of hydrogen-bond donors (Lipinski definition) is 2. The summed E-state index contributed by atoms with van der Waals surface area (Å²) in [6, 6.07) is 4.50. The van der Waals surface area contributed by atoms with E-state index >= 15 is 0 Å². The van der Waals surface area contributed by atoms with Crippen molar-refractivity contribution in [2.75, 3.05) is 5.32 Å². The van der Waals surface area contributed by atoms with Gasteiger partial charge in [-0.15, -0.1) is 0 Å². The first-order valence-electron chi connectivity index (χ1n) is 7.47. The van der Waals surface area contributed by atoms with Gasteiger partial charge in [-0.05, 0) is 25.0 Å². The Bertz CT molecular complexity index is 617. The van der Waals surface area contributed by atoms with Gasteiger partial charge in [0, 0.05) is 19.0 Å². The van der Waals surface area contributed by atoms with Gasteiger partial charge in [0.1, 0.15) is 0 Å². The SMILES string of the molecule is CCCC(=O)C(=CNc1cccc(C(=O)O)c1Cl)C(=O)CCC. The molecule has 1 rings (SSSR count). The molecule has 0 bridgehead atoms. The summed E-state index contributed by atoms with van der Waals surface area (Å²) in [7, 11) is 0. The monoisotopic (exact) mass is 337 g/mol. The van der Waals surface area contributed by atoms with Gasteiger partial charge in [-0.25, -0.2) is 4.79 Å². The van der Waals surface area contributed by atoms with Gasteiger partial charge in [0.25, 0.3) is 0 Å². The van der Waals surface area contributed by atoms with Gasteiger partial charge in [-0.2, -0.15) is 0 Å². The highest BCUT2D eigenvalue weighted by atomic mass is 35.5. The molecule has 0 fully saturated rings. The number of Topliss-reactive ketones (excluding diaryl/α,β-unsaturated/α-hetero) is 2. The molecule has 0 aliphatic heterocycles. The van der Waals surface area contributed by atoms with Crippen LogP contribution in [0.5, 0.6) is 0 Å². The zero-order valence-electron chi connectivity index (χ0n) is 13.2. The molecule has 2 N–H and O–H groups in total. The van der Waals surface area contributed by atoms with Gasteiger partial charge in [-0.3, -0.25) is 9.59 Å². The van der Waals surface area contributed by atoms with Crippen molar-refractivity contribution in [3.05, 3.63) is 40.6 Å². The van der Waals surface area contributed by atoms with Crippen LogP contribution in [0.4, 0.5) is 5.69 Å². The van der Waals surface area contributed by atoms with E-state index in [9.17, 15) is 14.4 Å². The summed E-state index contributed by atoms with van der Waals surface area (Å²) in [5.41, 5.74) is 0.370. The molecule has 1 aromatic carbocycles. The highest BCUT2D eigenvalue weighted by Crippen LogP contribution is 2.26. The van der Waals surface area contributed by atoms with E-state index in [1.807, 2.05) is 13.8 Å². The summed E-state index contributed by atoms with van der Waals surface area (Å²) in [5, 5.41) is 11.9. The Hall–Kier alpha value is -2.14. The lowest BCUT2D eigenvalue weighted by Gasteiger charge is -2.09. The molecule has 23 heavy (non-hydrogen) atoms. The third-order valence-corrected chi connectivity index (χ3v) is 3.56. The molecule has 0 unspecified atom stereocenters. The number of carboxylic acids is 1. The van der Waals surface area contributed by atoms with E-state index in [1.165, 1.54) is 18.3 Å². The third kappa shape index (κ3) is 5.21. The number of halogens is 1. The van der Waals surface area contributed by atoms with Crippen molar-refractivity contribution in [1.82, 2.24) is 0 Å².